The van der Waals surface area contributed by atoms with E-state index in [0.29, 0.717) is 18.4 Å². The summed E-state index contributed by atoms with van der Waals surface area (Å²) in [6.45, 7) is 3.32. The van der Waals surface area contributed by atoms with Gasteiger partial charge in [-0.05, 0) is 49.1 Å². The van der Waals surface area contributed by atoms with Gasteiger partial charge in [0.2, 0.25) is 0 Å². The Morgan fingerprint density at radius 3 is 2.75 bits per heavy atom. The zero-order chi connectivity index (χ0) is 16.6. The Labute approximate surface area is 144 Å². The third-order valence-corrected chi connectivity index (χ3v) is 4.30. The second kappa shape index (κ2) is 8.71. The molecule has 1 atom stereocenters. The third-order valence-electron chi connectivity index (χ3n) is 4.30. The normalized spacial score (nSPS) is 17.1. The van der Waals surface area contributed by atoms with Gasteiger partial charge in [-0.25, -0.2) is 0 Å². The standard InChI is InChI=1S/C20H26N2O2/c21-19-13-16(10-11-22-14-18-7-4-12-23-18)8-9-20(19)24-15-17-5-2-1-3-6-17/h1-3,5-6,8-9,13,18,22H,4,7,10-12,14-15,21H2. The Hall–Kier alpha value is -2.04. The molecule has 0 bridgehead atoms. The van der Waals surface area contributed by atoms with E-state index in [1.807, 2.05) is 42.5 Å². The number of benzene rings is 2. The number of anilines is 1. The second-order valence-corrected chi connectivity index (χ2v) is 6.24. The average Bonchev–Trinajstić information content (AvgIpc) is 3.12. The minimum Gasteiger partial charge on any atom is -0.487 e. The first-order valence-electron chi connectivity index (χ1n) is 8.69. The zero-order valence-electron chi connectivity index (χ0n) is 14.0. The minimum absolute atomic E-state index is 0.392. The molecule has 0 radical (unpaired) electrons. The summed E-state index contributed by atoms with van der Waals surface area (Å²) in [7, 11) is 0. The van der Waals surface area contributed by atoms with Crippen LogP contribution in [0.25, 0.3) is 0 Å². The van der Waals surface area contributed by atoms with E-state index in [2.05, 4.69) is 11.4 Å². The van der Waals surface area contributed by atoms with Crippen molar-refractivity contribution in [2.24, 2.45) is 0 Å². The van der Waals surface area contributed by atoms with Crippen molar-refractivity contribution in [1.29, 1.82) is 0 Å². The molecule has 1 fully saturated rings. The average molecular weight is 326 g/mol. The van der Waals surface area contributed by atoms with Gasteiger partial charge in [0.15, 0.2) is 0 Å². The Morgan fingerprint density at radius 1 is 1.12 bits per heavy atom. The van der Waals surface area contributed by atoms with Gasteiger partial charge in [-0.1, -0.05) is 36.4 Å². The van der Waals surface area contributed by atoms with Gasteiger partial charge in [0, 0.05) is 13.2 Å². The van der Waals surface area contributed by atoms with E-state index in [1.54, 1.807) is 0 Å². The summed E-state index contributed by atoms with van der Waals surface area (Å²) >= 11 is 0. The molecular weight excluding hydrogens is 300 g/mol. The highest BCUT2D eigenvalue weighted by molar-refractivity contribution is 5.54. The molecule has 0 saturated carbocycles. The smallest absolute Gasteiger partial charge is 0.142 e. The lowest BCUT2D eigenvalue weighted by molar-refractivity contribution is 0.110. The Balaban J connectivity index is 1.43. The number of hydrogen-bond acceptors (Lipinski definition) is 4. The van der Waals surface area contributed by atoms with Gasteiger partial charge in [-0.3, -0.25) is 0 Å². The molecule has 2 aromatic carbocycles. The lowest BCUT2D eigenvalue weighted by Gasteiger charge is -2.12. The van der Waals surface area contributed by atoms with E-state index in [-0.39, 0.29) is 0 Å². The van der Waals surface area contributed by atoms with Crippen LogP contribution in [-0.2, 0) is 17.8 Å². The van der Waals surface area contributed by atoms with Gasteiger partial charge in [0.25, 0.3) is 0 Å². The maximum Gasteiger partial charge on any atom is 0.142 e. The van der Waals surface area contributed by atoms with Crippen molar-refractivity contribution in [3.8, 4) is 5.75 Å². The lowest BCUT2D eigenvalue weighted by atomic mass is 10.1. The van der Waals surface area contributed by atoms with Crippen LogP contribution >= 0.6 is 0 Å². The highest BCUT2D eigenvalue weighted by atomic mass is 16.5. The Kier molecular flexibility index (Phi) is 6.10. The number of ether oxygens (including phenoxy) is 2. The summed E-state index contributed by atoms with van der Waals surface area (Å²) in [4.78, 5) is 0. The van der Waals surface area contributed by atoms with Gasteiger partial charge in [-0.15, -0.1) is 0 Å². The first-order valence-corrected chi connectivity index (χ1v) is 8.69. The van der Waals surface area contributed by atoms with Crippen LogP contribution in [0.1, 0.15) is 24.0 Å². The molecule has 0 amide bonds. The van der Waals surface area contributed by atoms with E-state index in [4.69, 9.17) is 15.2 Å². The van der Waals surface area contributed by atoms with Crippen molar-refractivity contribution in [2.45, 2.75) is 32.0 Å². The van der Waals surface area contributed by atoms with Crippen LogP contribution < -0.4 is 15.8 Å². The number of nitrogens with one attached hydrogen (secondary N) is 1. The third kappa shape index (κ3) is 4.98. The molecule has 1 saturated heterocycles. The second-order valence-electron chi connectivity index (χ2n) is 6.24. The number of rotatable bonds is 8. The van der Waals surface area contributed by atoms with Crippen molar-refractivity contribution >= 4 is 5.69 Å². The van der Waals surface area contributed by atoms with Gasteiger partial charge in [-0.2, -0.15) is 0 Å². The van der Waals surface area contributed by atoms with Crippen molar-refractivity contribution < 1.29 is 9.47 Å². The quantitative estimate of drug-likeness (QED) is 0.578. The summed E-state index contributed by atoms with van der Waals surface area (Å²) in [5.41, 5.74) is 9.18. The molecule has 3 rings (SSSR count). The maximum atomic E-state index is 6.12. The van der Waals surface area contributed by atoms with E-state index in [9.17, 15) is 0 Å². The topological polar surface area (TPSA) is 56.5 Å². The molecule has 0 aliphatic carbocycles. The molecule has 1 heterocycles. The molecule has 3 N–H and O–H groups in total. The van der Waals surface area contributed by atoms with Crippen LogP contribution in [0.4, 0.5) is 5.69 Å². The highest BCUT2D eigenvalue weighted by Crippen LogP contribution is 2.23. The molecule has 4 nitrogen and oxygen atoms in total. The molecule has 24 heavy (non-hydrogen) atoms. The van der Waals surface area contributed by atoms with Crippen LogP contribution in [0.3, 0.4) is 0 Å². The first kappa shape index (κ1) is 16.8. The molecule has 0 aromatic heterocycles. The zero-order valence-corrected chi connectivity index (χ0v) is 14.0. The fourth-order valence-corrected chi connectivity index (χ4v) is 2.92. The Morgan fingerprint density at radius 2 is 2.00 bits per heavy atom. The van der Waals surface area contributed by atoms with Gasteiger partial charge < -0.3 is 20.5 Å². The molecule has 1 aliphatic rings. The summed E-state index contributed by atoms with van der Waals surface area (Å²) < 4.78 is 11.4. The molecule has 2 aromatic rings. The van der Waals surface area contributed by atoms with Gasteiger partial charge in [0.05, 0.1) is 11.8 Å². The molecule has 128 valence electrons. The van der Waals surface area contributed by atoms with Crippen LogP contribution in [-0.4, -0.2) is 25.8 Å². The monoisotopic (exact) mass is 326 g/mol. The number of nitrogens with two attached hydrogens (primary N) is 1. The Bertz CT molecular complexity index is 625. The van der Waals surface area contributed by atoms with Gasteiger partial charge >= 0.3 is 0 Å². The number of hydrogen-bond donors (Lipinski definition) is 2. The summed E-state index contributed by atoms with van der Waals surface area (Å²) in [6, 6.07) is 16.2. The van der Waals surface area contributed by atoms with Crippen LogP contribution in [0.2, 0.25) is 0 Å². The minimum atomic E-state index is 0.392. The van der Waals surface area contributed by atoms with Crippen molar-refractivity contribution in [3.05, 3.63) is 59.7 Å². The fraction of sp³-hybridized carbons (Fsp3) is 0.400. The highest BCUT2D eigenvalue weighted by Gasteiger charge is 2.14. The van der Waals surface area contributed by atoms with Crippen molar-refractivity contribution in [3.63, 3.8) is 0 Å². The van der Waals surface area contributed by atoms with Crippen LogP contribution in [0.15, 0.2) is 48.5 Å². The van der Waals surface area contributed by atoms with E-state index >= 15 is 0 Å². The largest absolute Gasteiger partial charge is 0.487 e. The SMILES string of the molecule is Nc1cc(CCNCC2CCCO2)ccc1OCc1ccccc1. The predicted molar refractivity (Wildman–Crippen MR) is 97.2 cm³/mol. The van der Waals surface area contributed by atoms with Gasteiger partial charge in [0.1, 0.15) is 12.4 Å². The van der Waals surface area contributed by atoms with Crippen LogP contribution in [0, 0.1) is 0 Å². The van der Waals surface area contributed by atoms with E-state index in [0.717, 1.165) is 37.4 Å². The predicted octanol–water partition coefficient (Wildman–Crippen LogP) is 3.16. The summed E-state index contributed by atoms with van der Waals surface area (Å²) in [6.07, 6.45) is 3.71. The van der Waals surface area contributed by atoms with Crippen LogP contribution in [0.5, 0.6) is 5.75 Å². The molecular formula is C20H26N2O2. The molecule has 1 aliphatic heterocycles. The summed E-state index contributed by atoms with van der Waals surface area (Å²) in [5, 5.41) is 3.46. The molecule has 1 unspecified atom stereocenters. The summed E-state index contributed by atoms with van der Waals surface area (Å²) in [5.74, 6) is 0.745. The van der Waals surface area contributed by atoms with E-state index < -0.39 is 0 Å². The number of nitrogen functional groups attached to an aromatic ring is 1. The maximum absolute atomic E-state index is 6.12. The molecule has 0 spiro atoms. The van der Waals surface area contributed by atoms with Crippen molar-refractivity contribution in [1.82, 2.24) is 5.32 Å². The van der Waals surface area contributed by atoms with Crippen molar-refractivity contribution in [2.75, 3.05) is 25.4 Å². The van der Waals surface area contributed by atoms with E-state index in [1.165, 1.54) is 18.4 Å². The lowest BCUT2D eigenvalue weighted by Crippen LogP contribution is -2.27. The molecule has 4 heteroatoms. The first-order chi connectivity index (χ1) is 11.8. The fourth-order valence-electron chi connectivity index (χ4n) is 2.92.